The second-order valence-corrected chi connectivity index (χ2v) is 7.92. The third kappa shape index (κ3) is 6.58. The van der Waals surface area contributed by atoms with Crippen LogP contribution >= 0.6 is 0 Å². The van der Waals surface area contributed by atoms with Crippen LogP contribution in [-0.2, 0) is 6.42 Å². The van der Waals surface area contributed by atoms with Gasteiger partial charge in [-0.15, -0.1) is 0 Å². The van der Waals surface area contributed by atoms with Gasteiger partial charge in [0.2, 0.25) is 0 Å². The first-order valence-electron chi connectivity index (χ1n) is 10.7. The molecular weight excluding hydrogens is 378 g/mol. The molecular formula is C24H33N3O3. The van der Waals surface area contributed by atoms with Gasteiger partial charge in [0.05, 0.1) is 13.2 Å². The highest BCUT2D eigenvalue weighted by molar-refractivity contribution is 5.74. The Morgan fingerprint density at radius 3 is 2.27 bits per heavy atom. The molecule has 0 aliphatic carbocycles. The van der Waals surface area contributed by atoms with Crippen molar-refractivity contribution in [2.24, 2.45) is 0 Å². The monoisotopic (exact) mass is 411 g/mol. The molecule has 0 aromatic heterocycles. The van der Waals surface area contributed by atoms with E-state index >= 15 is 0 Å². The molecule has 3 rings (SSSR count). The Balaban J connectivity index is 1.34. The van der Waals surface area contributed by atoms with E-state index < -0.39 is 0 Å². The minimum atomic E-state index is -0.0855. The van der Waals surface area contributed by atoms with Crippen molar-refractivity contribution in [2.45, 2.75) is 45.3 Å². The van der Waals surface area contributed by atoms with E-state index in [0.717, 1.165) is 43.9 Å². The first kappa shape index (κ1) is 21.8. The number of rotatable bonds is 8. The summed E-state index contributed by atoms with van der Waals surface area (Å²) in [7, 11) is 1.68. The first-order chi connectivity index (χ1) is 14.5. The van der Waals surface area contributed by atoms with Crippen molar-refractivity contribution in [3.05, 3.63) is 54.1 Å². The molecule has 1 saturated heterocycles. The quantitative estimate of drug-likeness (QED) is 0.689. The van der Waals surface area contributed by atoms with Gasteiger partial charge in [-0.05, 0) is 75.1 Å². The van der Waals surface area contributed by atoms with Gasteiger partial charge in [-0.1, -0.05) is 12.1 Å². The zero-order valence-corrected chi connectivity index (χ0v) is 18.2. The van der Waals surface area contributed by atoms with Gasteiger partial charge in [-0.3, -0.25) is 0 Å². The lowest BCUT2D eigenvalue weighted by atomic mass is 10.0. The molecule has 6 heteroatoms. The highest BCUT2D eigenvalue weighted by Crippen LogP contribution is 2.22. The van der Waals surface area contributed by atoms with Crippen LogP contribution in [0.15, 0.2) is 48.5 Å². The van der Waals surface area contributed by atoms with Gasteiger partial charge < -0.3 is 25.0 Å². The molecule has 2 aromatic carbocycles. The summed E-state index contributed by atoms with van der Waals surface area (Å²) >= 11 is 0. The lowest BCUT2D eigenvalue weighted by Gasteiger charge is -2.34. The van der Waals surface area contributed by atoms with Crippen molar-refractivity contribution >= 4 is 11.7 Å². The van der Waals surface area contributed by atoms with Crippen LogP contribution in [0.3, 0.4) is 0 Å². The van der Waals surface area contributed by atoms with E-state index in [1.54, 1.807) is 7.11 Å². The van der Waals surface area contributed by atoms with Crippen LogP contribution in [0.25, 0.3) is 0 Å². The molecule has 0 bridgehead atoms. The van der Waals surface area contributed by atoms with Crippen LogP contribution in [0.2, 0.25) is 0 Å². The van der Waals surface area contributed by atoms with Crippen molar-refractivity contribution in [2.75, 3.05) is 31.6 Å². The number of carbonyl (C=O) groups is 1. The molecule has 2 N–H and O–H groups in total. The number of hydrogen-bond acceptors (Lipinski definition) is 4. The summed E-state index contributed by atoms with van der Waals surface area (Å²) in [5.74, 6) is 1.74. The molecule has 1 aliphatic rings. The summed E-state index contributed by atoms with van der Waals surface area (Å²) < 4.78 is 10.9. The highest BCUT2D eigenvalue weighted by Gasteiger charge is 2.20. The van der Waals surface area contributed by atoms with Crippen molar-refractivity contribution in [1.29, 1.82) is 0 Å². The molecule has 162 valence electrons. The van der Waals surface area contributed by atoms with Gasteiger partial charge >= 0.3 is 6.03 Å². The molecule has 1 heterocycles. The van der Waals surface area contributed by atoms with Crippen molar-refractivity contribution in [3.63, 3.8) is 0 Å². The summed E-state index contributed by atoms with van der Waals surface area (Å²) in [6, 6.07) is 16.3. The first-order valence-corrected chi connectivity index (χ1v) is 10.7. The number of urea groups is 1. The third-order valence-electron chi connectivity index (χ3n) is 5.26. The minimum absolute atomic E-state index is 0.0855. The Morgan fingerprint density at radius 1 is 1.03 bits per heavy atom. The van der Waals surface area contributed by atoms with Crippen molar-refractivity contribution in [3.8, 4) is 11.5 Å². The zero-order chi connectivity index (χ0) is 21.3. The second kappa shape index (κ2) is 10.8. The Bertz CT molecular complexity index is 782. The number of amides is 2. The van der Waals surface area contributed by atoms with Gasteiger partial charge in [0.25, 0.3) is 0 Å². The van der Waals surface area contributed by atoms with E-state index in [-0.39, 0.29) is 18.2 Å². The van der Waals surface area contributed by atoms with Crippen LogP contribution in [0.1, 0.15) is 32.3 Å². The number of piperidine rings is 1. The molecule has 6 nitrogen and oxygen atoms in total. The summed E-state index contributed by atoms with van der Waals surface area (Å²) in [6.07, 6.45) is 2.85. The normalized spacial score (nSPS) is 14.5. The Labute approximate surface area is 179 Å². The summed E-state index contributed by atoms with van der Waals surface area (Å²) in [4.78, 5) is 14.6. The molecule has 30 heavy (non-hydrogen) atoms. The number of methoxy groups -OCH3 is 1. The maximum absolute atomic E-state index is 12.2. The van der Waals surface area contributed by atoms with Crippen LogP contribution in [0.4, 0.5) is 10.5 Å². The molecule has 0 unspecified atom stereocenters. The highest BCUT2D eigenvalue weighted by atomic mass is 16.5. The maximum atomic E-state index is 12.2. The van der Waals surface area contributed by atoms with Gasteiger partial charge in [0.1, 0.15) is 11.5 Å². The largest absolute Gasteiger partial charge is 0.497 e. The predicted molar refractivity (Wildman–Crippen MR) is 121 cm³/mol. The fourth-order valence-corrected chi connectivity index (χ4v) is 3.64. The van der Waals surface area contributed by atoms with Crippen LogP contribution in [-0.4, -0.2) is 44.9 Å². The van der Waals surface area contributed by atoms with Crippen LogP contribution in [0, 0.1) is 0 Å². The zero-order valence-electron chi connectivity index (χ0n) is 18.2. The average molecular weight is 412 g/mol. The number of anilines is 1. The topological polar surface area (TPSA) is 62.8 Å². The van der Waals surface area contributed by atoms with E-state index in [1.807, 2.05) is 50.2 Å². The Hall–Kier alpha value is -2.89. The molecule has 2 amide bonds. The van der Waals surface area contributed by atoms with E-state index in [4.69, 9.17) is 9.47 Å². The number of nitrogens with one attached hydrogen (secondary N) is 2. The van der Waals surface area contributed by atoms with E-state index in [2.05, 4.69) is 27.7 Å². The smallest absolute Gasteiger partial charge is 0.315 e. The Morgan fingerprint density at radius 2 is 1.67 bits per heavy atom. The molecule has 0 atom stereocenters. The standard InChI is InChI=1S/C24H33N3O3/c1-18(2)30-23-8-4-19(5-9-23)12-15-25-24(28)26-20-13-16-27(17-14-20)21-6-10-22(29-3)11-7-21/h4-11,18,20H,12-17H2,1-3H3,(H2,25,26,28). The predicted octanol–water partition coefficient (Wildman–Crippen LogP) is 3.99. The lowest BCUT2D eigenvalue weighted by molar-refractivity contribution is 0.234. The Kier molecular flexibility index (Phi) is 7.82. The number of ether oxygens (including phenoxy) is 2. The van der Waals surface area contributed by atoms with E-state index in [0.29, 0.717) is 6.54 Å². The fraction of sp³-hybridized carbons (Fsp3) is 0.458. The average Bonchev–Trinajstić information content (AvgIpc) is 2.75. The van der Waals surface area contributed by atoms with Gasteiger partial charge in [-0.25, -0.2) is 4.79 Å². The molecule has 0 spiro atoms. The van der Waals surface area contributed by atoms with Gasteiger partial charge in [0.15, 0.2) is 0 Å². The molecule has 1 aliphatic heterocycles. The van der Waals surface area contributed by atoms with Crippen LogP contribution < -0.4 is 25.0 Å². The van der Waals surface area contributed by atoms with Gasteiger partial charge in [0, 0.05) is 31.4 Å². The maximum Gasteiger partial charge on any atom is 0.315 e. The summed E-state index contributed by atoms with van der Waals surface area (Å²) in [6.45, 7) is 6.50. The lowest BCUT2D eigenvalue weighted by Crippen LogP contribution is -2.48. The summed E-state index contributed by atoms with van der Waals surface area (Å²) in [5.41, 5.74) is 2.38. The fourth-order valence-electron chi connectivity index (χ4n) is 3.64. The summed E-state index contributed by atoms with van der Waals surface area (Å²) in [5, 5.41) is 6.08. The third-order valence-corrected chi connectivity index (χ3v) is 5.26. The number of carbonyl (C=O) groups excluding carboxylic acids is 1. The van der Waals surface area contributed by atoms with Gasteiger partial charge in [-0.2, -0.15) is 0 Å². The molecule has 0 radical (unpaired) electrons. The SMILES string of the molecule is COc1ccc(N2CCC(NC(=O)NCCc3ccc(OC(C)C)cc3)CC2)cc1. The van der Waals surface area contributed by atoms with E-state index in [9.17, 15) is 4.79 Å². The van der Waals surface area contributed by atoms with E-state index in [1.165, 1.54) is 11.3 Å². The number of nitrogens with zero attached hydrogens (tertiary/aromatic N) is 1. The van der Waals surface area contributed by atoms with Crippen molar-refractivity contribution in [1.82, 2.24) is 10.6 Å². The molecule has 2 aromatic rings. The molecule has 0 saturated carbocycles. The number of hydrogen-bond donors (Lipinski definition) is 2. The number of benzene rings is 2. The van der Waals surface area contributed by atoms with Crippen LogP contribution in [0.5, 0.6) is 11.5 Å². The second-order valence-electron chi connectivity index (χ2n) is 7.92. The van der Waals surface area contributed by atoms with Crippen molar-refractivity contribution < 1.29 is 14.3 Å². The minimum Gasteiger partial charge on any atom is -0.497 e. The molecule has 1 fully saturated rings.